The van der Waals surface area contributed by atoms with Crippen LogP contribution in [-0.4, -0.2) is 16.0 Å². The van der Waals surface area contributed by atoms with E-state index in [0.29, 0.717) is 11.7 Å². The van der Waals surface area contributed by atoms with Crippen LogP contribution in [0.5, 0.6) is 0 Å². The van der Waals surface area contributed by atoms with E-state index < -0.39 is 0 Å². The van der Waals surface area contributed by atoms with Crippen molar-refractivity contribution in [2.45, 2.75) is 19.4 Å². The zero-order valence-corrected chi connectivity index (χ0v) is 9.85. The number of rotatable bonds is 4. The summed E-state index contributed by atoms with van der Waals surface area (Å²) in [5.74, 6) is 0.837. The molecule has 17 heavy (non-hydrogen) atoms. The fourth-order valence-electron chi connectivity index (χ4n) is 1.73. The largest absolute Gasteiger partial charge is 0.399 e. The first-order valence-corrected chi connectivity index (χ1v) is 5.58. The number of nitrogens with two attached hydrogens (primary N) is 1. The van der Waals surface area contributed by atoms with Crippen LogP contribution >= 0.6 is 0 Å². The van der Waals surface area contributed by atoms with E-state index in [1.807, 2.05) is 24.3 Å². The van der Waals surface area contributed by atoms with Gasteiger partial charge in [0.25, 0.3) is 0 Å². The smallest absolute Gasteiger partial charge is 0.137 e. The van der Waals surface area contributed by atoms with E-state index in [1.165, 1.54) is 0 Å². The fraction of sp³-hybridized carbons (Fsp3) is 0.231. The molecule has 2 rings (SSSR count). The van der Waals surface area contributed by atoms with E-state index in [0.717, 1.165) is 23.1 Å². The SMILES string of the molecule is C=CCC(C)Nc1ncnc2cc(N)ccc12. The lowest BCUT2D eigenvalue weighted by Crippen LogP contribution is -2.15. The first-order chi connectivity index (χ1) is 8.20. The zero-order chi connectivity index (χ0) is 12.3. The molecule has 0 aliphatic rings. The molecule has 3 N–H and O–H groups in total. The van der Waals surface area contributed by atoms with Gasteiger partial charge in [0, 0.05) is 17.1 Å². The van der Waals surface area contributed by atoms with Crippen LogP contribution in [0.3, 0.4) is 0 Å². The van der Waals surface area contributed by atoms with Gasteiger partial charge in [-0.3, -0.25) is 0 Å². The maximum absolute atomic E-state index is 5.73. The summed E-state index contributed by atoms with van der Waals surface area (Å²) in [4.78, 5) is 8.47. The number of aromatic nitrogens is 2. The van der Waals surface area contributed by atoms with Gasteiger partial charge in [0.15, 0.2) is 0 Å². The first kappa shape index (κ1) is 11.4. The summed E-state index contributed by atoms with van der Waals surface area (Å²) >= 11 is 0. The molecule has 1 unspecified atom stereocenters. The van der Waals surface area contributed by atoms with Crippen molar-refractivity contribution in [3.05, 3.63) is 37.2 Å². The van der Waals surface area contributed by atoms with Crippen LogP contribution in [0.15, 0.2) is 37.2 Å². The summed E-state index contributed by atoms with van der Waals surface area (Å²) in [5.41, 5.74) is 7.29. The van der Waals surface area contributed by atoms with Gasteiger partial charge < -0.3 is 11.1 Å². The second-order valence-corrected chi connectivity index (χ2v) is 4.07. The molecule has 0 saturated carbocycles. The van der Waals surface area contributed by atoms with Gasteiger partial charge in [-0.25, -0.2) is 9.97 Å². The van der Waals surface area contributed by atoms with Crippen LogP contribution in [0, 0.1) is 0 Å². The molecule has 0 saturated heterocycles. The highest BCUT2D eigenvalue weighted by Crippen LogP contribution is 2.21. The second kappa shape index (κ2) is 4.82. The molecule has 4 nitrogen and oxygen atoms in total. The van der Waals surface area contributed by atoms with Gasteiger partial charge in [0.05, 0.1) is 5.52 Å². The minimum Gasteiger partial charge on any atom is -0.399 e. The fourth-order valence-corrected chi connectivity index (χ4v) is 1.73. The zero-order valence-electron chi connectivity index (χ0n) is 9.85. The molecule has 2 aromatic rings. The molecule has 0 bridgehead atoms. The number of fused-ring (bicyclic) bond motifs is 1. The number of anilines is 2. The minimum absolute atomic E-state index is 0.295. The van der Waals surface area contributed by atoms with Crippen molar-refractivity contribution in [3.8, 4) is 0 Å². The van der Waals surface area contributed by atoms with Crippen LogP contribution in [0.1, 0.15) is 13.3 Å². The highest BCUT2D eigenvalue weighted by molar-refractivity contribution is 5.90. The Balaban J connectivity index is 2.37. The molecule has 0 amide bonds. The highest BCUT2D eigenvalue weighted by Gasteiger charge is 2.06. The third-order valence-corrected chi connectivity index (χ3v) is 2.56. The third kappa shape index (κ3) is 2.53. The maximum atomic E-state index is 5.73. The summed E-state index contributed by atoms with van der Waals surface area (Å²) in [6.45, 7) is 5.82. The Kier molecular flexibility index (Phi) is 3.23. The van der Waals surface area contributed by atoms with E-state index in [1.54, 1.807) is 6.33 Å². The summed E-state index contributed by atoms with van der Waals surface area (Å²) in [7, 11) is 0. The number of benzene rings is 1. The molecule has 1 heterocycles. The molecular weight excluding hydrogens is 212 g/mol. The van der Waals surface area contributed by atoms with Crippen LogP contribution < -0.4 is 11.1 Å². The molecule has 88 valence electrons. The van der Waals surface area contributed by atoms with Crippen LogP contribution in [-0.2, 0) is 0 Å². The number of hydrogen-bond acceptors (Lipinski definition) is 4. The number of nitrogens with zero attached hydrogens (tertiary/aromatic N) is 2. The molecule has 1 atom stereocenters. The molecule has 0 radical (unpaired) electrons. The van der Waals surface area contributed by atoms with Crippen molar-refractivity contribution in [2.75, 3.05) is 11.1 Å². The summed E-state index contributed by atoms with van der Waals surface area (Å²) in [6, 6.07) is 5.94. The van der Waals surface area contributed by atoms with E-state index in [-0.39, 0.29) is 0 Å². The Hall–Kier alpha value is -2.10. The van der Waals surface area contributed by atoms with E-state index in [9.17, 15) is 0 Å². The first-order valence-electron chi connectivity index (χ1n) is 5.58. The summed E-state index contributed by atoms with van der Waals surface area (Å²) < 4.78 is 0. The van der Waals surface area contributed by atoms with E-state index >= 15 is 0 Å². The molecule has 1 aromatic heterocycles. The topological polar surface area (TPSA) is 63.8 Å². The maximum Gasteiger partial charge on any atom is 0.137 e. The van der Waals surface area contributed by atoms with Gasteiger partial charge in [0.2, 0.25) is 0 Å². The van der Waals surface area contributed by atoms with Gasteiger partial charge in [-0.2, -0.15) is 0 Å². The Labute approximate surface area is 101 Å². The Morgan fingerprint density at radius 2 is 2.29 bits per heavy atom. The number of nitrogen functional groups attached to an aromatic ring is 1. The van der Waals surface area contributed by atoms with Crippen LogP contribution in [0.25, 0.3) is 10.9 Å². The second-order valence-electron chi connectivity index (χ2n) is 4.07. The number of hydrogen-bond donors (Lipinski definition) is 2. The van der Waals surface area contributed by atoms with Crippen molar-refractivity contribution >= 4 is 22.4 Å². The van der Waals surface area contributed by atoms with Crippen molar-refractivity contribution in [1.82, 2.24) is 9.97 Å². The quantitative estimate of drug-likeness (QED) is 0.623. The van der Waals surface area contributed by atoms with Gasteiger partial charge in [-0.05, 0) is 31.5 Å². The molecule has 0 fully saturated rings. The van der Waals surface area contributed by atoms with Crippen molar-refractivity contribution in [1.29, 1.82) is 0 Å². The van der Waals surface area contributed by atoms with E-state index in [4.69, 9.17) is 5.73 Å². The molecular formula is C13H16N4. The Bertz CT molecular complexity index is 536. The lowest BCUT2D eigenvalue weighted by atomic mass is 10.2. The van der Waals surface area contributed by atoms with Crippen LogP contribution in [0.4, 0.5) is 11.5 Å². The lowest BCUT2D eigenvalue weighted by Gasteiger charge is -2.13. The average molecular weight is 228 g/mol. The average Bonchev–Trinajstić information content (AvgIpc) is 2.29. The van der Waals surface area contributed by atoms with Gasteiger partial charge in [-0.1, -0.05) is 6.08 Å². The van der Waals surface area contributed by atoms with Crippen molar-refractivity contribution in [3.63, 3.8) is 0 Å². The van der Waals surface area contributed by atoms with Crippen LogP contribution in [0.2, 0.25) is 0 Å². The van der Waals surface area contributed by atoms with Crippen molar-refractivity contribution < 1.29 is 0 Å². The Morgan fingerprint density at radius 1 is 1.47 bits per heavy atom. The highest BCUT2D eigenvalue weighted by atomic mass is 15.0. The number of nitrogens with one attached hydrogen (secondary N) is 1. The molecule has 1 aromatic carbocycles. The molecule has 0 aliphatic heterocycles. The van der Waals surface area contributed by atoms with Crippen molar-refractivity contribution in [2.24, 2.45) is 0 Å². The van der Waals surface area contributed by atoms with Gasteiger partial charge in [-0.15, -0.1) is 6.58 Å². The molecule has 4 heteroatoms. The molecule has 0 spiro atoms. The predicted molar refractivity (Wildman–Crippen MR) is 71.8 cm³/mol. The lowest BCUT2D eigenvalue weighted by molar-refractivity contribution is 0.808. The molecule has 0 aliphatic carbocycles. The monoisotopic (exact) mass is 228 g/mol. The minimum atomic E-state index is 0.295. The summed E-state index contributed by atoms with van der Waals surface area (Å²) in [6.07, 6.45) is 4.32. The normalized spacial score (nSPS) is 12.3. The van der Waals surface area contributed by atoms with E-state index in [2.05, 4.69) is 28.8 Å². The Morgan fingerprint density at radius 3 is 3.06 bits per heavy atom. The van der Waals surface area contributed by atoms with Gasteiger partial charge >= 0.3 is 0 Å². The predicted octanol–water partition coefficient (Wildman–Crippen LogP) is 2.59. The third-order valence-electron chi connectivity index (χ3n) is 2.56. The summed E-state index contributed by atoms with van der Waals surface area (Å²) in [5, 5.41) is 4.33. The van der Waals surface area contributed by atoms with Gasteiger partial charge in [0.1, 0.15) is 12.1 Å². The standard InChI is InChI=1S/C13H16N4/c1-3-4-9(2)17-13-11-6-5-10(14)7-12(11)15-8-16-13/h3,5-9H,1,4,14H2,2H3,(H,15,16,17).